The minimum atomic E-state index is -0.548. The Balaban J connectivity index is 1.50. The molecular weight excluding hydrogens is 414 g/mol. The largest absolute Gasteiger partial charge is 0.411 e. The van der Waals surface area contributed by atoms with Gasteiger partial charge in [-0.15, -0.1) is 10.2 Å². The summed E-state index contributed by atoms with van der Waals surface area (Å²) in [5.74, 6) is 0.0656. The van der Waals surface area contributed by atoms with Crippen molar-refractivity contribution in [3.8, 4) is 17.1 Å². The van der Waals surface area contributed by atoms with Crippen LogP contribution in [0.3, 0.4) is 0 Å². The first-order chi connectivity index (χ1) is 15.0. The third-order valence-electron chi connectivity index (χ3n) is 4.88. The topological polar surface area (TPSA) is 95.0 Å². The van der Waals surface area contributed by atoms with Crippen molar-refractivity contribution in [1.29, 1.82) is 0 Å². The Hall–Kier alpha value is -3.59. The van der Waals surface area contributed by atoms with Crippen LogP contribution in [0.1, 0.15) is 12.6 Å². The van der Waals surface area contributed by atoms with E-state index in [-0.39, 0.29) is 22.4 Å². The van der Waals surface area contributed by atoms with E-state index in [2.05, 4.69) is 15.5 Å². The molecule has 4 aromatic rings. The number of para-hydroxylation sites is 1. The molecule has 0 spiro atoms. The van der Waals surface area contributed by atoms with Crippen LogP contribution in [-0.4, -0.2) is 30.7 Å². The number of carbonyl (C=O) groups excluding carboxylic acids is 1. The van der Waals surface area contributed by atoms with Crippen LogP contribution in [0, 0.1) is 6.92 Å². The predicted molar refractivity (Wildman–Crippen MR) is 119 cm³/mol. The summed E-state index contributed by atoms with van der Waals surface area (Å²) in [6.45, 7) is 3.51. The molecule has 4 rings (SSSR count). The number of carbonyl (C=O) groups is 1. The first-order valence-corrected chi connectivity index (χ1v) is 10.5. The fourth-order valence-corrected chi connectivity index (χ4v) is 3.78. The highest BCUT2D eigenvalue weighted by Gasteiger charge is 2.23. The molecule has 0 bridgehead atoms. The Kier molecular flexibility index (Phi) is 5.77. The number of amides is 1. The van der Waals surface area contributed by atoms with Crippen molar-refractivity contribution >= 4 is 23.4 Å². The summed E-state index contributed by atoms with van der Waals surface area (Å²) in [7, 11) is 1.78. The molecule has 9 heteroatoms. The van der Waals surface area contributed by atoms with Gasteiger partial charge in [0.05, 0.1) is 16.6 Å². The highest BCUT2D eigenvalue weighted by atomic mass is 32.2. The molecular formula is C22H21N5O3S. The standard InChI is InChI=1S/C22H21N5O3S/c1-14-18(21(29)27(26(14)3)17-12-8-5-9-13-17)23-19(28)15(2)31-22-25-24-20(30-22)16-10-6-4-7-11-16/h4-13,15H,1-3H3,(H,23,28)/t15-/m0/s1. The van der Waals surface area contributed by atoms with E-state index in [9.17, 15) is 9.59 Å². The molecule has 1 amide bonds. The van der Waals surface area contributed by atoms with Crippen LogP contribution in [0.15, 0.2) is 75.1 Å². The van der Waals surface area contributed by atoms with Crippen LogP contribution < -0.4 is 10.9 Å². The van der Waals surface area contributed by atoms with Gasteiger partial charge in [-0.25, -0.2) is 4.68 Å². The van der Waals surface area contributed by atoms with Crippen LogP contribution in [0.25, 0.3) is 17.1 Å². The number of hydrogen-bond donors (Lipinski definition) is 1. The second kappa shape index (κ2) is 8.65. The molecule has 0 aliphatic heterocycles. The van der Waals surface area contributed by atoms with Crippen LogP contribution in [0.5, 0.6) is 0 Å². The third kappa shape index (κ3) is 4.17. The van der Waals surface area contributed by atoms with Gasteiger partial charge < -0.3 is 9.73 Å². The van der Waals surface area contributed by atoms with Gasteiger partial charge in [-0.2, -0.15) is 0 Å². The molecule has 0 saturated carbocycles. The third-order valence-corrected chi connectivity index (χ3v) is 5.81. The van der Waals surface area contributed by atoms with Crippen LogP contribution in [0.4, 0.5) is 5.69 Å². The molecule has 1 atom stereocenters. The van der Waals surface area contributed by atoms with Crippen LogP contribution in [-0.2, 0) is 11.8 Å². The van der Waals surface area contributed by atoms with Crippen molar-refractivity contribution in [2.24, 2.45) is 7.05 Å². The monoisotopic (exact) mass is 435 g/mol. The van der Waals surface area contributed by atoms with E-state index >= 15 is 0 Å². The molecule has 2 heterocycles. The van der Waals surface area contributed by atoms with Crippen molar-refractivity contribution in [2.45, 2.75) is 24.3 Å². The Morgan fingerprint density at radius 2 is 1.71 bits per heavy atom. The molecule has 0 saturated heterocycles. The zero-order valence-electron chi connectivity index (χ0n) is 17.3. The quantitative estimate of drug-likeness (QED) is 0.465. The average Bonchev–Trinajstić information content (AvgIpc) is 3.33. The van der Waals surface area contributed by atoms with E-state index in [1.54, 1.807) is 25.6 Å². The summed E-state index contributed by atoms with van der Waals surface area (Å²) >= 11 is 1.14. The molecule has 0 fully saturated rings. The highest BCUT2D eigenvalue weighted by Crippen LogP contribution is 2.26. The summed E-state index contributed by atoms with van der Waals surface area (Å²) in [6, 6.07) is 18.7. The Bertz CT molecular complexity index is 1260. The minimum absolute atomic E-state index is 0.249. The van der Waals surface area contributed by atoms with Gasteiger partial charge in [-0.05, 0) is 38.1 Å². The van der Waals surface area contributed by atoms with Gasteiger partial charge in [0.15, 0.2) is 0 Å². The van der Waals surface area contributed by atoms with Gasteiger partial charge >= 0.3 is 0 Å². The van der Waals surface area contributed by atoms with Crippen molar-refractivity contribution in [3.05, 3.63) is 76.7 Å². The van der Waals surface area contributed by atoms with Gasteiger partial charge in [-0.3, -0.25) is 14.3 Å². The molecule has 2 aromatic heterocycles. The number of nitrogens with zero attached hydrogens (tertiary/aromatic N) is 4. The molecule has 0 radical (unpaired) electrons. The van der Waals surface area contributed by atoms with Gasteiger partial charge in [-0.1, -0.05) is 48.2 Å². The number of rotatable bonds is 6. The number of thioether (sulfide) groups is 1. The van der Waals surface area contributed by atoms with E-state index < -0.39 is 5.25 Å². The van der Waals surface area contributed by atoms with E-state index in [0.717, 1.165) is 23.0 Å². The smallest absolute Gasteiger partial charge is 0.295 e. The zero-order valence-corrected chi connectivity index (χ0v) is 18.1. The fraction of sp³-hybridized carbons (Fsp3) is 0.182. The van der Waals surface area contributed by atoms with E-state index in [4.69, 9.17) is 4.42 Å². The van der Waals surface area contributed by atoms with E-state index in [0.29, 0.717) is 11.6 Å². The zero-order chi connectivity index (χ0) is 22.0. The summed E-state index contributed by atoms with van der Waals surface area (Å²) in [6.07, 6.45) is 0. The number of nitrogens with one attached hydrogen (secondary N) is 1. The lowest BCUT2D eigenvalue weighted by Gasteiger charge is -2.08. The first kappa shape index (κ1) is 20.7. The summed E-state index contributed by atoms with van der Waals surface area (Å²) in [5.41, 5.74) is 2.14. The lowest BCUT2D eigenvalue weighted by atomic mass is 10.2. The Labute approximate surface area is 182 Å². The predicted octanol–water partition coefficient (Wildman–Crippen LogP) is 3.65. The van der Waals surface area contributed by atoms with Gasteiger partial charge in [0.2, 0.25) is 11.8 Å². The number of hydrogen-bond acceptors (Lipinski definition) is 6. The number of aromatic nitrogens is 4. The molecule has 0 aliphatic carbocycles. The SMILES string of the molecule is Cc1c(NC(=O)[C@H](C)Sc2nnc(-c3ccccc3)o2)c(=O)n(-c2ccccc2)n1C. The number of benzene rings is 2. The average molecular weight is 436 g/mol. The first-order valence-electron chi connectivity index (χ1n) is 9.66. The van der Waals surface area contributed by atoms with Crippen molar-refractivity contribution in [3.63, 3.8) is 0 Å². The second-order valence-electron chi connectivity index (χ2n) is 6.93. The lowest BCUT2D eigenvalue weighted by molar-refractivity contribution is -0.115. The van der Waals surface area contributed by atoms with Crippen molar-refractivity contribution in [2.75, 3.05) is 5.32 Å². The Morgan fingerprint density at radius 3 is 2.39 bits per heavy atom. The van der Waals surface area contributed by atoms with Crippen molar-refractivity contribution < 1.29 is 9.21 Å². The molecule has 0 unspecified atom stereocenters. The molecule has 31 heavy (non-hydrogen) atoms. The fourth-order valence-electron chi connectivity index (χ4n) is 3.10. The summed E-state index contributed by atoms with van der Waals surface area (Å²) < 4.78 is 8.90. The number of anilines is 1. The van der Waals surface area contributed by atoms with Gasteiger partial charge in [0, 0.05) is 12.6 Å². The normalized spacial score (nSPS) is 12.0. The van der Waals surface area contributed by atoms with E-state index in [1.807, 2.05) is 60.7 Å². The molecule has 8 nitrogen and oxygen atoms in total. The molecule has 158 valence electrons. The van der Waals surface area contributed by atoms with Crippen LogP contribution >= 0.6 is 11.8 Å². The van der Waals surface area contributed by atoms with Gasteiger partial charge in [0.1, 0.15) is 5.69 Å². The molecule has 0 aliphatic rings. The van der Waals surface area contributed by atoms with Crippen LogP contribution in [0.2, 0.25) is 0 Å². The summed E-state index contributed by atoms with van der Waals surface area (Å²) in [5, 5.41) is 10.5. The maximum atomic E-state index is 13.0. The maximum Gasteiger partial charge on any atom is 0.295 e. The Morgan fingerprint density at radius 1 is 1.06 bits per heavy atom. The van der Waals surface area contributed by atoms with Crippen molar-refractivity contribution in [1.82, 2.24) is 19.6 Å². The lowest BCUT2D eigenvalue weighted by Crippen LogP contribution is -2.27. The minimum Gasteiger partial charge on any atom is -0.411 e. The maximum absolute atomic E-state index is 13.0. The highest BCUT2D eigenvalue weighted by molar-refractivity contribution is 8.00. The van der Waals surface area contributed by atoms with E-state index in [1.165, 1.54) is 4.68 Å². The summed E-state index contributed by atoms with van der Waals surface area (Å²) in [4.78, 5) is 25.7. The van der Waals surface area contributed by atoms with Gasteiger partial charge in [0.25, 0.3) is 10.8 Å². The molecule has 1 N–H and O–H groups in total. The molecule has 2 aromatic carbocycles. The second-order valence-corrected chi connectivity index (χ2v) is 8.22.